The van der Waals surface area contributed by atoms with Crippen LogP contribution in [-0.4, -0.2) is 30.5 Å². The van der Waals surface area contributed by atoms with E-state index in [4.69, 9.17) is 0 Å². The highest BCUT2D eigenvalue weighted by Gasteiger charge is 2.12. The third-order valence-electron chi connectivity index (χ3n) is 3.12. The minimum Gasteiger partial charge on any atom is -0.383 e. The molecule has 1 aromatic carbocycles. The number of nitrogens with zero attached hydrogens (tertiary/aromatic N) is 2. The predicted octanol–water partition coefficient (Wildman–Crippen LogP) is 2.49. The van der Waals surface area contributed by atoms with Crippen LogP contribution in [0.5, 0.6) is 0 Å². The Morgan fingerprint density at radius 1 is 1.24 bits per heavy atom. The molecule has 0 fully saturated rings. The molecule has 0 saturated heterocycles. The van der Waals surface area contributed by atoms with Gasteiger partial charge in [-0.25, -0.2) is 8.42 Å². The normalized spacial score (nSPS) is 11.5. The third-order valence-corrected chi connectivity index (χ3v) is 5.05. The first-order valence-corrected chi connectivity index (χ1v) is 8.72. The minimum absolute atomic E-state index is 0.193. The van der Waals surface area contributed by atoms with Gasteiger partial charge >= 0.3 is 0 Å². The maximum atomic E-state index is 11.9. The van der Waals surface area contributed by atoms with E-state index in [9.17, 15) is 8.42 Å². The Bertz CT molecular complexity index is 675. The summed E-state index contributed by atoms with van der Waals surface area (Å²) in [4.78, 5) is 0.387. The summed E-state index contributed by atoms with van der Waals surface area (Å²) in [7, 11) is -3.13. The zero-order valence-electron chi connectivity index (χ0n) is 12.4. The maximum Gasteiger partial charge on any atom is 0.178 e. The zero-order valence-corrected chi connectivity index (χ0v) is 13.2. The number of anilines is 1. The van der Waals surface area contributed by atoms with Gasteiger partial charge in [0.15, 0.2) is 9.84 Å². The number of benzene rings is 1. The minimum atomic E-state index is -3.13. The summed E-state index contributed by atoms with van der Waals surface area (Å²) >= 11 is 0. The average Bonchev–Trinajstić information content (AvgIpc) is 2.85. The van der Waals surface area contributed by atoms with Crippen LogP contribution in [0.15, 0.2) is 41.6 Å². The highest BCUT2D eigenvalue weighted by atomic mass is 32.2. The van der Waals surface area contributed by atoms with E-state index in [1.54, 1.807) is 24.3 Å². The van der Waals surface area contributed by atoms with Gasteiger partial charge in [-0.05, 0) is 43.2 Å². The predicted molar refractivity (Wildman–Crippen MR) is 84.2 cm³/mol. The molecule has 0 amide bonds. The summed E-state index contributed by atoms with van der Waals surface area (Å²) in [5.74, 6) is 0.193. The van der Waals surface area contributed by atoms with E-state index >= 15 is 0 Å². The first kappa shape index (κ1) is 15.6. The van der Waals surface area contributed by atoms with Crippen LogP contribution in [0.1, 0.15) is 18.9 Å². The Labute approximate surface area is 125 Å². The second-order valence-electron chi connectivity index (χ2n) is 5.05. The SMILES string of the molecule is CCCS(=O)(=O)c1ccc(NCCn2cc(C)cn2)cc1. The highest BCUT2D eigenvalue weighted by Crippen LogP contribution is 2.16. The van der Waals surface area contributed by atoms with Crippen molar-refractivity contribution in [2.45, 2.75) is 31.7 Å². The molecule has 0 spiro atoms. The van der Waals surface area contributed by atoms with E-state index in [2.05, 4.69) is 10.4 Å². The van der Waals surface area contributed by atoms with E-state index in [1.165, 1.54) is 0 Å². The molecule has 0 aliphatic rings. The smallest absolute Gasteiger partial charge is 0.178 e. The van der Waals surface area contributed by atoms with Gasteiger partial charge in [0.25, 0.3) is 0 Å². The van der Waals surface area contributed by atoms with Crippen molar-refractivity contribution in [1.82, 2.24) is 9.78 Å². The van der Waals surface area contributed by atoms with Crippen molar-refractivity contribution in [2.24, 2.45) is 0 Å². The molecular weight excluding hydrogens is 286 g/mol. The summed E-state index contributed by atoms with van der Waals surface area (Å²) in [6.07, 6.45) is 4.45. The van der Waals surface area contributed by atoms with Crippen molar-refractivity contribution in [1.29, 1.82) is 0 Å². The Morgan fingerprint density at radius 3 is 2.52 bits per heavy atom. The second kappa shape index (κ2) is 6.76. The van der Waals surface area contributed by atoms with Crippen molar-refractivity contribution in [3.05, 3.63) is 42.2 Å². The van der Waals surface area contributed by atoms with Gasteiger partial charge in [0.05, 0.1) is 23.4 Å². The van der Waals surface area contributed by atoms with Crippen molar-refractivity contribution < 1.29 is 8.42 Å². The van der Waals surface area contributed by atoms with Gasteiger partial charge in [0, 0.05) is 18.4 Å². The molecule has 0 aliphatic heterocycles. The summed E-state index contributed by atoms with van der Waals surface area (Å²) < 4.78 is 25.7. The van der Waals surface area contributed by atoms with Crippen LogP contribution in [-0.2, 0) is 16.4 Å². The lowest BCUT2D eigenvalue weighted by Crippen LogP contribution is -2.11. The quantitative estimate of drug-likeness (QED) is 0.853. The number of hydrogen-bond donors (Lipinski definition) is 1. The molecule has 2 rings (SSSR count). The molecule has 0 bridgehead atoms. The fourth-order valence-electron chi connectivity index (χ4n) is 2.07. The van der Waals surface area contributed by atoms with Crippen LogP contribution >= 0.6 is 0 Å². The van der Waals surface area contributed by atoms with Crippen LogP contribution in [0.4, 0.5) is 5.69 Å². The maximum absolute atomic E-state index is 11.9. The first-order chi connectivity index (χ1) is 10.0. The molecule has 6 heteroatoms. The van der Waals surface area contributed by atoms with Crippen molar-refractivity contribution in [2.75, 3.05) is 17.6 Å². The fraction of sp³-hybridized carbons (Fsp3) is 0.400. The molecular formula is C15H21N3O2S. The number of aromatic nitrogens is 2. The van der Waals surface area contributed by atoms with Crippen LogP contribution < -0.4 is 5.32 Å². The molecule has 21 heavy (non-hydrogen) atoms. The number of aryl methyl sites for hydroxylation is 1. The van der Waals surface area contributed by atoms with E-state index in [-0.39, 0.29) is 5.75 Å². The molecule has 5 nitrogen and oxygen atoms in total. The van der Waals surface area contributed by atoms with Crippen molar-refractivity contribution in [3.63, 3.8) is 0 Å². The largest absolute Gasteiger partial charge is 0.383 e. The molecule has 2 aromatic rings. The fourth-order valence-corrected chi connectivity index (χ4v) is 3.39. The lowest BCUT2D eigenvalue weighted by Gasteiger charge is -2.08. The van der Waals surface area contributed by atoms with Gasteiger partial charge in [-0.1, -0.05) is 6.92 Å². The molecule has 1 aromatic heterocycles. The molecule has 114 valence electrons. The number of hydrogen-bond acceptors (Lipinski definition) is 4. The molecule has 1 heterocycles. The molecule has 1 N–H and O–H groups in total. The van der Waals surface area contributed by atoms with Gasteiger partial charge in [0.2, 0.25) is 0 Å². The Hall–Kier alpha value is -1.82. The highest BCUT2D eigenvalue weighted by molar-refractivity contribution is 7.91. The topological polar surface area (TPSA) is 64.0 Å². The number of sulfone groups is 1. The summed E-state index contributed by atoms with van der Waals surface area (Å²) in [6.45, 7) is 5.38. The van der Waals surface area contributed by atoms with Crippen LogP contribution in [0, 0.1) is 6.92 Å². The van der Waals surface area contributed by atoms with Gasteiger partial charge < -0.3 is 5.32 Å². The number of rotatable bonds is 7. The third kappa shape index (κ3) is 4.32. The van der Waals surface area contributed by atoms with Crippen molar-refractivity contribution in [3.8, 4) is 0 Å². The Balaban J connectivity index is 1.90. The average molecular weight is 307 g/mol. The standard InChI is InChI=1S/C15H21N3O2S/c1-3-10-21(19,20)15-6-4-14(5-7-15)16-8-9-18-12-13(2)11-17-18/h4-7,11-12,16H,3,8-10H2,1-2H3. The van der Waals surface area contributed by atoms with Crippen LogP contribution in [0.25, 0.3) is 0 Å². The molecule has 0 saturated carbocycles. The Morgan fingerprint density at radius 2 is 1.95 bits per heavy atom. The second-order valence-corrected chi connectivity index (χ2v) is 7.16. The van der Waals surface area contributed by atoms with Crippen LogP contribution in [0.3, 0.4) is 0 Å². The molecule has 0 aliphatic carbocycles. The van der Waals surface area contributed by atoms with Gasteiger partial charge in [0.1, 0.15) is 0 Å². The lowest BCUT2D eigenvalue weighted by molar-refractivity contribution is 0.594. The summed E-state index contributed by atoms with van der Waals surface area (Å²) in [5.41, 5.74) is 2.05. The summed E-state index contributed by atoms with van der Waals surface area (Å²) in [6, 6.07) is 6.92. The zero-order chi connectivity index (χ0) is 15.3. The first-order valence-electron chi connectivity index (χ1n) is 7.07. The van der Waals surface area contributed by atoms with Gasteiger partial charge in [-0.2, -0.15) is 5.10 Å². The van der Waals surface area contributed by atoms with E-state index in [0.29, 0.717) is 11.3 Å². The molecule has 0 unspecified atom stereocenters. The monoisotopic (exact) mass is 307 g/mol. The molecule has 0 radical (unpaired) electrons. The van der Waals surface area contributed by atoms with E-state index in [1.807, 2.05) is 30.9 Å². The van der Waals surface area contributed by atoms with E-state index < -0.39 is 9.84 Å². The van der Waals surface area contributed by atoms with Crippen LogP contribution in [0.2, 0.25) is 0 Å². The lowest BCUT2D eigenvalue weighted by atomic mass is 10.3. The number of nitrogens with one attached hydrogen (secondary N) is 1. The van der Waals surface area contributed by atoms with Gasteiger partial charge in [-0.15, -0.1) is 0 Å². The van der Waals surface area contributed by atoms with Crippen molar-refractivity contribution >= 4 is 15.5 Å². The Kier molecular flexibility index (Phi) is 5.01. The molecule has 0 atom stereocenters. The summed E-state index contributed by atoms with van der Waals surface area (Å²) in [5, 5.41) is 7.47. The van der Waals surface area contributed by atoms with E-state index in [0.717, 1.165) is 24.3 Å². The van der Waals surface area contributed by atoms with Gasteiger partial charge in [-0.3, -0.25) is 4.68 Å².